The van der Waals surface area contributed by atoms with Crippen molar-refractivity contribution >= 4 is 11.9 Å². The highest BCUT2D eigenvalue weighted by molar-refractivity contribution is 5.70. The first-order valence-corrected chi connectivity index (χ1v) is 25.0. The maximum atomic E-state index is 12.2. The summed E-state index contributed by atoms with van der Waals surface area (Å²) in [6.07, 6.45) is 81.9. The summed E-state index contributed by atoms with van der Waals surface area (Å²) < 4.78 is 10.6. The van der Waals surface area contributed by atoms with Crippen LogP contribution < -0.4 is 0 Å². The number of esters is 2. The summed E-state index contributed by atoms with van der Waals surface area (Å²) in [6.45, 7) is 3.85. The number of ether oxygens (including phenoxy) is 2. The van der Waals surface area contributed by atoms with Crippen molar-refractivity contribution < 1.29 is 24.2 Å². The molecule has 1 unspecified atom stereocenters. The molecule has 0 aromatic carbocycles. The smallest absolute Gasteiger partial charge is 0.306 e. The van der Waals surface area contributed by atoms with Crippen LogP contribution in [0.1, 0.15) is 181 Å². The number of carbonyl (C=O) groups is 2. The molecule has 1 atom stereocenters. The van der Waals surface area contributed by atoms with Crippen LogP contribution >= 0.6 is 0 Å². The molecule has 0 aliphatic heterocycles. The molecule has 0 saturated heterocycles. The van der Waals surface area contributed by atoms with Crippen LogP contribution in [0, 0.1) is 0 Å². The third-order valence-electron chi connectivity index (χ3n) is 9.82. The summed E-state index contributed by atoms with van der Waals surface area (Å²) in [5, 5.41) is 9.61. The van der Waals surface area contributed by atoms with E-state index in [1.165, 1.54) is 25.7 Å². The first kappa shape index (κ1) is 59.5. The second-order valence-corrected chi connectivity index (χ2v) is 15.8. The second-order valence-electron chi connectivity index (χ2n) is 15.8. The van der Waals surface area contributed by atoms with Gasteiger partial charge in [0, 0.05) is 12.8 Å². The lowest BCUT2D eigenvalue weighted by Gasteiger charge is -2.15. The van der Waals surface area contributed by atoms with Crippen LogP contribution in [-0.2, 0) is 19.1 Å². The Bertz CT molecular complexity index is 1460. The fraction of sp³-hybridized carbons (Fsp3) is 0.525. The van der Waals surface area contributed by atoms with E-state index in [2.05, 4.69) is 172 Å². The van der Waals surface area contributed by atoms with E-state index in [-0.39, 0.29) is 31.6 Å². The maximum Gasteiger partial charge on any atom is 0.306 e. The Kier molecular flexibility index (Phi) is 49.2. The maximum absolute atomic E-state index is 12.2. The van der Waals surface area contributed by atoms with Crippen molar-refractivity contribution in [2.75, 3.05) is 13.2 Å². The Labute approximate surface area is 392 Å². The molecule has 0 bridgehead atoms. The third-order valence-corrected chi connectivity index (χ3v) is 9.82. The first-order chi connectivity index (χ1) is 31.6. The first-order valence-electron chi connectivity index (χ1n) is 25.0. The van der Waals surface area contributed by atoms with Crippen LogP contribution in [-0.4, -0.2) is 36.4 Å². The molecular weight excluding hydrogens is 789 g/mol. The van der Waals surface area contributed by atoms with E-state index >= 15 is 0 Å². The fourth-order valence-corrected chi connectivity index (χ4v) is 6.12. The van der Waals surface area contributed by atoms with Crippen LogP contribution in [0.5, 0.6) is 0 Å². The van der Waals surface area contributed by atoms with Gasteiger partial charge in [0.15, 0.2) is 6.10 Å². The van der Waals surface area contributed by atoms with Gasteiger partial charge in [-0.2, -0.15) is 0 Å². The predicted octanol–water partition coefficient (Wildman–Crippen LogP) is 16.8. The fourth-order valence-electron chi connectivity index (χ4n) is 6.12. The second kappa shape index (κ2) is 52.9. The molecule has 0 aliphatic carbocycles. The number of aliphatic hydroxyl groups is 1. The number of rotatable bonds is 43. The van der Waals surface area contributed by atoms with E-state index in [9.17, 15) is 14.7 Å². The van der Waals surface area contributed by atoms with E-state index in [1.807, 2.05) is 0 Å². The highest BCUT2D eigenvalue weighted by Gasteiger charge is 2.16. The van der Waals surface area contributed by atoms with Gasteiger partial charge < -0.3 is 14.6 Å². The molecule has 5 heteroatoms. The van der Waals surface area contributed by atoms with Crippen LogP contribution in [0.2, 0.25) is 0 Å². The molecule has 64 heavy (non-hydrogen) atoms. The average Bonchev–Trinajstić information content (AvgIpc) is 3.30. The highest BCUT2D eigenvalue weighted by atomic mass is 16.6. The van der Waals surface area contributed by atoms with E-state index < -0.39 is 6.10 Å². The Morgan fingerprint density at radius 3 is 0.969 bits per heavy atom. The number of carbonyl (C=O) groups excluding carboxylic acids is 2. The number of hydrogen-bond acceptors (Lipinski definition) is 5. The van der Waals surface area contributed by atoms with Gasteiger partial charge in [-0.15, -0.1) is 0 Å². The monoisotopic (exact) mass is 879 g/mol. The van der Waals surface area contributed by atoms with E-state index in [1.54, 1.807) is 0 Å². The lowest BCUT2D eigenvalue weighted by Crippen LogP contribution is -2.28. The molecule has 0 heterocycles. The molecule has 0 saturated carbocycles. The van der Waals surface area contributed by atoms with Gasteiger partial charge in [0.25, 0.3) is 0 Å². The molecule has 1 N–H and O–H groups in total. The molecule has 0 rings (SSSR count). The van der Waals surface area contributed by atoms with Gasteiger partial charge in [-0.1, -0.05) is 204 Å². The van der Waals surface area contributed by atoms with Gasteiger partial charge in [-0.25, -0.2) is 0 Å². The van der Waals surface area contributed by atoms with Crippen LogP contribution in [0.3, 0.4) is 0 Å². The summed E-state index contributed by atoms with van der Waals surface area (Å²) in [4.78, 5) is 24.4. The predicted molar refractivity (Wildman–Crippen MR) is 278 cm³/mol. The summed E-state index contributed by atoms with van der Waals surface area (Å²) in [6, 6.07) is 0. The minimum Gasteiger partial charge on any atom is -0.462 e. The summed E-state index contributed by atoms with van der Waals surface area (Å²) >= 11 is 0. The SMILES string of the molecule is CC/C=C\C/C=C\C/C=C\C/C=C\C/C=C\C/C=C\C/C=C\C/C=C\C/C=C\C/C=C\CCCCC(=O)OC(CO)COC(=O)CCCCCCCCC/C=C\C/C=C\C/C=C\CC. The zero-order chi connectivity index (χ0) is 46.3. The minimum absolute atomic E-state index is 0.100. The third kappa shape index (κ3) is 50.2. The van der Waals surface area contributed by atoms with Crippen molar-refractivity contribution in [2.45, 2.75) is 187 Å². The average molecular weight is 879 g/mol. The zero-order valence-electron chi connectivity index (χ0n) is 40.5. The molecule has 356 valence electrons. The van der Waals surface area contributed by atoms with Crippen molar-refractivity contribution in [1.82, 2.24) is 0 Å². The normalized spacial score (nSPS) is 13.6. The lowest BCUT2D eigenvalue weighted by molar-refractivity contribution is -0.161. The molecule has 0 radical (unpaired) electrons. The lowest BCUT2D eigenvalue weighted by atomic mass is 10.1. The quantitative estimate of drug-likeness (QED) is 0.0375. The van der Waals surface area contributed by atoms with Crippen molar-refractivity contribution in [2.24, 2.45) is 0 Å². The Balaban J connectivity index is 3.72. The van der Waals surface area contributed by atoms with Gasteiger partial charge in [-0.3, -0.25) is 9.59 Å². The number of aliphatic hydroxyl groups excluding tert-OH is 1. The van der Waals surface area contributed by atoms with Crippen molar-refractivity contribution in [1.29, 1.82) is 0 Å². The zero-order valence-corrected chi connectivity index (χ0v) is 40.5. The Morgan fingerprint density at radius 1 is 0.359 bits per heavy atom. The minimum atomic E-state index is -0.812. The summed E-state index contributed by atoms with van der Waals surface area (Å²) in [7, 11) is 0. The highest BCUT2D eigenvalue weighted by Crippen LogP contribution is 2.11. The largest absolute Gasteiger partial charge is 0.462 e. The number of hydrogen-bond donors (Lipinski definition) is 1. The molecule has 0 aromatic heterocycles. The van der Waals surface area contributed by atoms with Crippen molar-refractivity contribution in [3.63, 3.8) is 0 Å². The van der Waals surface area contributed by atoms with E-state index in [0.717, 1.165) is 122 Å². The number of unbranched alkanes of at least 4 members (excludes halogenated alkanes) is 9. The Morgan fingerprint density at radius 2 is 0.625 bits per heavy atom. The van der Waals surface area contributed by atoms with Crippen molar-refractivity contribution in [3.8, 4) is 0 Å². The van der Waals surface area contributed by atoms with Gasteiger partial charge >= 0.3 is 11.9 Å². The van der Waals surface area contributed by atoms with Gasteiger partial charge in [0.2, 0.25) is 0 Å². The molecule has 0 amide bonds. The molecule has 0 spiro atoms. The van der Waals surface area contributed by atoms with Crippen LogP contribution in [0.15, 0.2) is 158 Å². The topological polar surface area (TPSA) is 72.8 Å². The standard InChI is InChI=1S/C59H90O5/c1-3-5-7-9-11-13-15-17-19-21-22-23-24-25-26-27-28-29-30-31-32-33-34-35-36-38-40-42-44-46-48-50-52-54-59(62)64-57(55-60)56-63-58(61)53-51-49-47-45-43-41-39-37-20-18-16-14-12-10-8-6-4-2/h5-8,11-14,17-20,22-23,25-26,28-29,31-32,34-35,38,40,44,46,57,60H,3-4,9-10,15-16,21,24,27,30,33,36-37,39,41-43,45,47-56H2,1-2H3/b7-5-,8-6-,13-11-,14-12-,19-17-,20-18-,23-22-,26-25-,29-28-,32-31-,35-34-,40-38-,46-44-. The number of allylic oxidation sites excluding steroid dienone is 26. The molecule has 0 aliphatic rings. The van der Waals surface area contributed by atoms with Crippen molar-refractivity contribution in [3.05, 3.63) is 158 Å². The summed E-state index contributed by atoms with van der Waals surface area (Å²) in [5.74, 6) is -0.669. The van der Waals surface area contributed by atoms with E-state index in [0.29, 0.717) is 12.8 Å². The van der Waals surface area contributed by atoms with E-state index in [4.69, 9.17) is 9.47 Å². The van der Waals surface area contributed by atoms with Gasteiger partial charge in [0.05, 0.1) is 6.61 Å². The summed E-state index contributed by atoms with van der Waals surface area (Å²) in [5.41, 5.74) is 0. The Hall–Kier alpha value is -4.48. The van der Waals surface area contributed by atoms with Gasteiger partial charge in [-0.05, 0) is 122 Å². The van der Waals surface area contributed by atoms with Gasteiger partial charge in [0.1, 0.15) is 6.61 Å². The molecule has 5 nitrogen and oxygen atoms in total. The van der Waals surface area contributed by atoms with Crippen LogP contribution in [0.4, 0.5) is 0 Å². The van der Waals surface area contributed by atoms with Crippen LogP contribution in [0.25, 0.3) is 0 Å². The molecular formula is C59H90O5. The molecule has 0 aromatic rings. The molecule has 0 fully saturated rings.